The first kappa shape index (κ1) is 18.4. The highest BCUT2D eigenvalue weighted by molar-refractivity contribution is 6.00. The van der Waals surface area contributed by atoms with Crippen LogP contribution in [0.25, 0.3) is 10.9 Å². The van der Waals surface area contributed by atoms with Crippen LogP contribution < -0.4 is 15.4 Å². The van der Waals surface area contributed by atoms with Crippen LogP contribution in [0.5, 0.6) is 5.75 Å². The minimum Gasteiger partial charge on any atom is -0.497 e. The number of ether oxygens (including phenoxy) is 1. The monoisotopic (exact) mass is 363 g/mol. The van der Waals surface area contributed by atoms with Crippen LogP contribution in [0.1, 0.15) is 24.9 Å². The van der Waals surface area contributed by atoms with E-state index in [1.807, 2.05) is 42.5 Å². The maximum absolute atomic E-state index is 12.6. The number of fused-ring (bicyclic) bond motifs is 1. The maximum atomic E-state index is 12.6. The van der Waals surface area contributed by atoms with Gasteiger partial charge in [0.1, 0.15) is 5.75 Å². The first-order valence-corrected chi connectivity index (χ1v) is 8.61. The van der Waals surface area contributed by atoms with Gasteiger partial charge in [-0.25, -0.2) is 0 Å². The molecule has 0 radical (unpaired) electrons. The van der Waals surface area contributed by atoms with Gasteiger partial charge in [0.15, 0.2) is 0 Å². The van der Waals surface area contributed by atoms with E-state index < -0.39 is 6.04 Å². The van der Waals surface area contributed by atoms with Crippen LogP contribution in [-0.2, 0) is 9.59 Å². The zero-order chi connectivity index (χ0) is 19.2. The second-order valence-electron chi connectivity index (χ2n) is 6.16. The van der Waals surface area contributed by atoms with Crippen molar-refractivity contribution in [2.24, 2.45) is 0 Å². The Morgan fingerprint density at radius 3 is 2.52 bits per heavy atom. The van der Waals surface area contributed by atoms with Crippen molar-refractivity contribution in [3.8, 4) is 5.75 Å². The van der Waals surface area contributed by atoms with E-state index >= 15 is 0 Å². The Kier molecular flexibility index (Phi) is 5.66. The molecule has 0 aliphatic heterocycles. The standard InChI is InChI=1S/C21H21N3O3/c1-14(25)23-19(15-8-10-17(27-2)11-9-15)13-20(26)24-18-7-3-5-16-6-4-12-22-21(16)18/h3-12,19H,13H2,1-2H3,(H,23,25)(H,24,26)/t19-/m0/s1. The summed E-state index contributed by atoms with van der Waals surface area (Å²) in [5, 5.41) is 6.68. The summed E-state index contributed by atoms with van der Waals surface area (Å²) in [6.07, 6.45) is 1.80. The van der Waals surface area contributed by atoms with Crippen molar-refractivity contribution in [2.75, 3.05) is 12.4 Å². The van der Waals surface area contributed by atoms with Gasteiger partial charge in [0.2, 0.25) is 11.8 Å². The molecular weight excluding hydrogens is 342 g/mol. The molecule has 0 saturated carbocycles. The lowest BCUT2D eigenvalue weighted by molar-refractivity contribution is -0.120. The fraction of sp³-hybridized carbons (Fsp3) is 0.190. The summed E-state index contributed by atoms with van der Waals surface area (Å²) in [5.41, 5.74) is 2.21. The molecule has 1 atom stereocenters. The number of nitrogens with one attached hydrogen (secondary N) is 2. The number of nitrogens with zero attached hydrogens (tertiary/aromatic N) is 1. The summed E-state index contributed by atoms with van der Waals surface area (Å²) in [7, 11) is 1.59. The third kappa shape index (κ3) is 4.61. The number of aromatic nitrogens is 1. The van der Waals surface area contributed by atoms with Gasteiger partial charge in [0.05, 0.1) is 30.8 Å². The van der Waals surface area contributed by atoms with Gasteiger partial charge < -0.3 is 15.4 Å². The molecule has 0 bridgehead atoms. The van der Waals surface area contributed by atoms with Crippen LogP contribution in [0.3, 0.4) is 0 Å². The van der Waals surface area contributed by atoms with E-state index in [4.69, 9.17) is 4.74 Å². The number of anilines is 1. The van der Waals surface area contributed by atoms with Gasteiger partial charge in [0.25, 0.3) is 0 Å². The van der Waals surface area contributed by atoms with Gasteiger partial charge >= 0.3 is 0 Å². The molecule has 0 unspecified atom stereocenters. The lowest BCUT2D eigenvalue weighted by atomic mass is 10.0. The number of amides is 2. The van der Waals surface area contributed by atoms with Gasteiger partial charge in [-0.3, -0.25) is 14.6 Å². The Labute approximate surface area is 157 Å². The minimum atomic E-state index is -0.434. The second kappa shape index (κ2) is 8.31. The van der Waals surface area contributed by atoms with E-state index in [0.29, 0.717) is 11.4 Å². The van der Waals surface area contributed by atoms with Gasteiger partial charge in [-0.1, -0.05) is 30.3 Å². The molecule has 0 saturated heterocycles. The number of carbonyl (C=O) groups is 2. The van der Waals surface area contributed by atoms with Crippen LogP contribution in [-0.4, -0.2) is 23.9 Å². The molecule has 0 aliphatic carbocycles. The van der Waals surface area contributed by atoms with Crippen LogP contribution in [0.2, 0.25) is 0 Å². The Bertz CT molecular complexity index is 949. The number of hydrogen-bond donors (Lipinski definition) is 2. The molecule has 27 heavy (non-hydrogen) atoms. The summed E-state index contributed by atoms with van der Waals surface area (Å²) < 4.78 is 5.16. The van der Waals surface area contributed by atoms with Crippen molar-refractivity contribution in [1.29, 1.82) is 0 Å². The molecule has 3 rings (SSSR count). The number of para-hydroxylation sites is 1. The lowest BCUT2D eigenvalue weighted by Crippen LogP contribution is -2.29. The van der Waals surface area contributed by atoms with Crippen molar-refractivity contribution in [1.82, 2.24) is 10.3 Å². The Balaban J connectivity index is 1.78. The fourth-order valence-corrected chi connectivity index (χ4v) is 2.93. The number of hydrogen-bond acceptors (Lipinski definition) is 4. The van der Waals surface area contributed by atoms with Gasteiger partial charge in [-0.05, 0) is 29.8 Å². The molecule has 6 nitrogen and oxygen atoms in total. The Morgan fingerprint density at radius 2 is 1.81 bits per heavy atom. The van der Waals surface area contributed by atoms with E-state index in [1.54, 1.807) is 25.4 Å². The topological polar surface area (TPSA) is 80.3 Å². The normalized spacial score (nSPS) is 11.6. The molecule has 1 heterocycles. The molecule has 6 heteroatoms. The number of carbonyl (C=O) groups excluding carboxylic acids is 2. The second-order valence-corrected chi connectivity index (χ2v) is 6.16. The number of pyridine rings is 1. The average molecular weight is 363 g/mol. The number of methoxy groups -OCH3 is 1. The highest BCUT2D eigenvalue weighted by Gasteiger charge is 2.18. The molecule has 1 aromatic heterocycles. The summed E-state index contributed by atoms with van der Waals surface area (Å²) >= 11 is 0. The van der Waals surface area contributed by atoms with Crippen molar-refractivity contribution in [3.05, 3.63) is 66.4 Å². The molecule has 138 valence electrons. The van der Waals surface area contributed by atoms with Crippen LogP contribution in [0, 0.1) is 0 Å². The molecule has 0 spiro atoms. The van der Waals surface area contributed by atoms with Gasteiger partial charge in [-0.2, -0.15) is 0 Å². The van der Waals surface area contributed by atoms with Crippen LogP contribution in [0.4, 0.5) is 5.69 Å². The lowest BCUT2D eigenvalue weighted by Gasteiger charge is -2.18. The predicted molar refractivity (Wildman–Crippen MR) is 105 cm³/mol. The first-order chi connectivity index (χ1) is 13.1. The van der Waals surface area contributed by atoms with Gasteiger partial charge in [0, 0.05) is 18.5 Å². The quantitative estimate of drug-likeness (QED) is 0.703. The summed E-state index contributed by atoms with van der Waals surface area (Å²) in [4.78, 5) is 28.6. The zero-order valence-corrected chi connectivity index (χ0v) is 15.2. The van der Waals surface area contributed by atoms with E-state index in [9.17, 15) is 9.59 Å². The number of benzene rings is 2. The molecule has 2 aromatic carbocycles. The highest BCUT2D eigenvalue weighted by Crippen LogP contribution is 2.24. The first-order valence-electron chi connectivity index (χ1n) is 8.61. The zero-order valence-electron chi connectivity index (χ0n) is 15.2. The van der Waals surface area contributed by atoms with Crippen molar-refractivity contribution >= 4 is 28.4 Å². The van der Waals surface area contributed by atoms with Crippen LogP contribution >= 0.6 is 0 Å². The molecule has 3 aromatic rings. The van der Waals surface area contributed by atoms with Crippen molar-refractivity contribution in [2.45, 2.75) is 19.4 Å². The van der Waals surface area contributed by atoms with E-state index in [0.717, 1.165) is 16.5 Å². The maximum Gasteiger partial charge on any atom is 0.226 e. The minimum absolute atomic E-state index is 0.106. The molecular formula is C21H21N3O3. The largest absolute Gasteiger partial charge is 0.497 e. The Morgan fingerprint density at radius 1 is 1.07 bits per heavy atom. The molecule has 0 fully saturated rings. The fourth-order valence-electron chi connectivity index (χ4n) is 2.93. The van der Waals surface area contributed by atoms with Crippen molar-refractivity contribution < 1.29 is 14.3 Å². The van der Waals surface area contributed by atoms with E-state index in [1.165, 1.54) is 6.92 Å². The smallest absolute Gasteiger partial charge is 0.226 e. The van der Waals surface area contributed by atoms with E-state index in [2.05, 4.69) is 15.6 Å². The Hall–Kier alpha value is -3.41. The molecule has 0 aliphatic rings. The molecule has 2 amide bonds. The van der Waals surface area contributed by atoms with E-state index in [-0.39, 0.29) is 18.2 Å². The molecule has 2 N–H and O–H groups in total. The van der Waals surface area contributed by atoms with Gasteiger partial charge in [-0.15, -0.1) is 0 Å². The summed E-state index contributed by atoms with van der Waals surface area (Å²) in [5.74, 6) is 0.310. The highest BCUT2D eigenvalue weighted by atomic mass is 16.5. The third-order valence-corrected chi connectivity index (χ3v) is 4.19. The SMILES string of the molecule is COc1ccc([C@H](CC(=O)Nc2cccc3cccnc23)NC(C)=O)cc1. The third-order valence-electron chi connectivity index (χ3n) is 4.19. The summed E-state index contributed by atoms with van der Waals surface area (Å²) in [6, 6.07) is 16.3. The number of rotatable bonds is 6. The van der Waals surface area contributed by atoms with Crippen LogP contribution in [0.15, 0.2) is 60.8 Å². The summed E-state index contributed by atoms with van der Waals surface area (Å²) in [6.45, 7) is 1.43. The average Bonchev–Trinajstić information content (AvgIpc) is 2.67. The predicted octanol–water partition coefficient (Wildman–Crippen LogP) is 3.45. The van der Waals surface area contributed by atoms with Crippen molar-refractivity contribution in [3.63, 3.8) is 0 Å².